The van der Waals surface area contributed by atoms with Crippen LogP contribution in [0.15, 0.2) is 12.2 Å². The smallest absolute Gasteiger partial charge is 0.303 e. The van der Waals surface area contributed by atoms with Crippen LogP contribution in [-0.2, 0) is 9.53 Å². The van der Waals surface area contributed by atoms with E-state index < -0.39 is 18.2 Å². The summed E-state index contributed by atoms with van der Waals surface area (Å²) in [6, 6.07) is 0. The molecule has 6 heteroatoms. The number of alkyl halides is 1. The zero-order valence-electron chi connectivity index (χ0n) is 15.6. The van der Waals surface area contributed by atoms with E-state index in [2.05, 4.69) is 29.5 Å². The monoisotopic (exact) mass is 480 g/mol. The summed E-state index contributed by atoms with van der Waals surface area (Å²) >= 11 is 2.38. The van der Waals surface area contributed by atoms with Gasteiger partial charge in [-0.2, -0.15) is 0 Å². The van der Waals surface area contributed by atoms with Gasteiger partial charge >= 0.3 is 5.97 Å². The molecule has 0 bridgehead atoms. The molecule has 3 N–H and O–H groups in total. The van der Waals surface area contributed by atoms with Crippen LogP contribution in [0.5, 0.6) is 0 Å². The average molecular weight is 480 g/mol. The Hall–Kier alpha value is -0.180. The van der Waals surface area contributed by atoms with Crippen molar-refractivity contribution in [1.29, 1.82) is 0 Å². The molecule has 0 amide bonds. The zero-order valence-corrected chi connectivity index (χ0v) is 17.8. The van der Waals surface area contributed by atoms with Crippen LogP contribution in [0.2, 0.25) is 0 Å². The van der Waals surface area contributed by atoms with Crippen LogP contribution in [0.4, 0.5) is 0 Å². The number of hydrogen-bond donors (Lipinski definition) is 3. The summed E-state index contributed by atoms with van der Waals surface area (Å²) in [5.74, 6) is -0.400. The lowest BCUT2D eigenvalue weighted by atomic mass is 9.89. The standard InChI is InChI=1S/C20H33IO5/c1-2-3-4-6-13(22)9-10-14-15-11-19(26-18(15)12-17(14)23)16(21)7-5-8-20(24)25/h9-10,13-19,22-23H,2-8,11-12H2,1H3,(H,24,25)/b10-9+/t13-,14+,15+,16-,17+,18-,19?/m0/s1. The molecule has 0 spiro atoms. The second-order valence-electron chi connectivity index (χ2n) is 7.74. The van der Waals surface area contributed by atoms with Crippen molar-refractivity contribution in [2.45, 2.75) is 93.1 Å². The van der Waals surface area contributed by atoms with E-state index in [1.807, 2.05) is 12.2 Å². The molecule has 0 aromatic carbocycles. The first-order valence-corrected chi connectivity index (χ1v) is 11.2. The van der Waals surface area contributed by atoms with Crippen LogP contribution in [0.3, 0.4) is 0 Å². The number of ether oxygens (including phenoxy) is 1. The van der Waals surface area contributed by atoms with Gasteiger partial charge < -0.3 is 20.1 Å². The molecule has 1 aliphatic carbocycles. The third kappa shape index (κ3) is 6.46. The average Bonchev–Trinajstić information content (AvgIpc) is 3.10. The molecule has 5 nitrogen and oxygen atoms in total. The molecule has 150 valence electrons. The molecule has 2 aliphatic rings. The highest BCUT2D eigenvalue weighted by molar-refractivity contribution is 14.1. The minimum absolute atomic E-state index is 0.0495. The summed E-state index contributed by atoms with van der Waals surface area (Å²) in [6.07, 6.45) is 10.6. The molecule has 0 aromatic rings. The Kier molecular flexibility index (Phi) is 9.33. The van der Waals surface area contributed by atoms with Crippen LogP contribution in [0, 0.1) is 11.8 Å². The first-order valence-electron chi connectivity index (χ1n) is 9.98. The van der Waals surface area contributed by atoms with Crippen molar-refractivity contribution in [3.05, 3.63) is 12.2 Å². The lowest BCUT2D eigenvalue weighted by Crippen LogP contribution is -2.24. The molecule has 2 rings (SSSR count). The number of rotatable bonds is 11. The van der Waals surface area contributed by atoms with Crippen LogP contribution < -0.4 is 0 Å². The van der Waals surface area contributed by atoms with Gasteiger partial charge in [0.1, 0.15) is 0 Å². The van der Waals surface area contributed by atoms with Gasteiger partial charge in [-0.3, -0.25) is 4.79 Å². The highest BCUT2D eigenvalue weighted by Gasteiger charge is 2.49. The third-order valence-corrected chi connectivity index (χ3v) is 7.10. The number of aliphatic hydroxyl groups is 2. The lowest BCUT2D eigenvalue weighted by molar-refractivity contribution is -0.137. The fourth-order valence-electron chi connectivity index (χ4n) is 4.21. The molecule has 1 aliphatic heterocycles. The number of hydrogen-bond acceptors (Lipinski definition) is 4. The fourth-order valence-corrected chi connectivity index (χ4v) is 5.11. The van der Waals surface area contributed by atoms with Gasteiger partial charge in [-0.25, -0.2) is 0 Å². The maximum atomic E-state index is 10.7. The number of carbonyl (C=O) groups is 1. The largest absolute Gasteiger partial charge is 0.481 e. The lowest BCUT2D eigenvalue weighted by Gasteiger charge is -2.21. The number of aliphatic carboxylic acids is 1. The van der Waals surface area contributed by atoms with Crippen molar-refractivity contribution in [2.24, 2.45) is 11.8 Å². The van der Waals surface area contributed by atoms with Crippen molar-refractivity contribution in [1.82, 2.24) is 0 Å². The van der Waals surface area contributed by atoms with Crippen LogP contribution >= 0.6 is 22.6 Å². The topological polar surface area (TPSA) is 87.0 Å². The summed E-state index contributed by atoms with van der Waals surface area (Å²) in [6.45, 7) is 2.15. The summed E-state index contributed by atoms with van der Waals surface area (Å²) in [7, 11) is 0. The van der Waals surface area contributed by atoms with Crippen molar-refractivity contribution < 1.29 is 24.9 Å². The number of halogens is 1. The Morgan fingerprint density at radius 2 is 2.04 bits per heavy atom. The molecule has 7 atom stereocenters. The van der Waals surface area contributed by atoms with Gasteiger partial charge in [-0.1, -0.05) is 60.9 Å². The van der Waals surface area contributed by atoms with E-state index in [4.69, 9.17) is 9.84 Å². The van der Waals surface area contributed by atoms with E-state index in [1.54, 1.807) is 0 Å². The maximum absolute atomic E-state index is 10.7. The predicted octanol–water partition coefficient (Wildman–Crippen LogP) is 3.70. The van der Waals surface area contributed by atoms with Crippen LogP contribution in [-0.4, -0.2) is 49.6 Å². The minimum Gasteiger partial charge on any atom is -0.481 e. The molecule has 1 saturated carbocycles. The number of unbranched alkanes of at least 4 members (excludes halogenated alkanes) is 2. The second kappa shape index (κ2) is 11.0. The molecule has 0 radical (unpaired) electrons. The molecule has 1 saturated heterocycles. The highest BCUT2D eigenvalue weighted by Crippen LogP contribution is 2.46. The molecule has 0 aromatic heterocycles. The molecule has 1 heterocycles. The van der Waals surface area contributed by atoms with Gasteiger partial charge in [-0.15, -0.1) is 0 Å². The summed E-state index contributed by atoms with van der Waals surface area (Å²) in [4.78, 5) is 10.7. The van der Waals surface area contributed by atoms with Gasteiger partial charge in [-0.05, 0) is 31.6 Å². The summed E-state index contributed by atoms with van der Waals surface area (Å²) in [5, 5.41) is 29.2. The third-order valence-electron chi connectivity index (χ3n) is 5.68. The Morgan fingerprint density at radius 3 is 2.73 bits per heavy atom. The van der Waals surface area contributed by atoms with Gasteiger partial charge in [0.15, 0.2) is 0 Å². The maximum Gasteiger partial charge on any atom is 0.303 e. The van der Waals surface area contributed by atoms with E-state index in [0.29, 0.717) is 22.7 Å². The Labute approximate surface area is 170 Å². The van der Waals surface area contributed by atoms with Gasteiger partial charge in [0.25, 0.3) is 0 Å². The van der Waals surface area contributed by atoms with Crippen molar-refractivity contribution >= 4 is 28.6 Å². The number of aliphatic hydroxyl groups excluding tert-OH is 2. The Morgan fingerprint density at radius 1 is 1.27 bits per heavy atom. The van der Waals surface area contributed by atoms with Gasteiger partial charge in [0.05, 0.1) is 24.4 Å². The second-order valence-corrected chi connectivity index (χ2v) is 9.34. The van der Waals surface area contributed by atoms with E-state index >= 15 is 0 Å². The SMILES string of the molecule is CCCCC[C@H](O)/C=C/[C@@H]1[C@H]2CC([C@@H](I)CCCC(=O)O)O[C@H]2C[C@H]1O. The number of carboxylic acids is 1. The number of carboxylic acid groups (broad SMARTS) is 1. The minimum atomic E-state index is -0.747. The molecule has 2 fully saturated rings. The van der Waals surface area contributed by atoms with Crippen molar-refractivity contribution in [2.75, 3.05) is 0 Å². The highest BCUT2D eigenvalue weighted by atomic mass is 127. The quantitative estimate of drug-likeness (QED) is 0.182. The zero-order chi connectivity index (χ0) is 19.1. The van der Waals surface area contributed by atoms with Crippen LogP contribution in [0.1, 0.15) is 64.7 Å². The normalized spacial score (nSPS) is 33.5. The molecular formula is C20H33IO5. The van der Waals surface area contributed by atoms with Crippen LogP contribution in [0.25, 0.3) is 0 Å². The van der Waals surface area contributed by atoms with Gasteiger partial charge in [0.2, 0.25) is 0 Å². The predicted molar refractivity (Wildman–Crippen MR) is 109 cm³/mol. The van der Waals surface area contributed by atoms with E-state index in [-0.39, 0.29) is 24.5 Å². The van der Waals surface area contributed by atoms with E-state index in [1.165, 1.54) is 0 Å². The molecule has 1 unspecified atom stereocenters. The summed E-state index contributed by atoms with van der Waals surface area (Å²) < 4.78 is 6.48. The van der Waals surface area contributed by atoms with Gasteiger partial charge in [0, 0.05) is 22.7 Å². The Bertz CT molecular complexity index is 469. The molecular weight excluding hydrogens is 447 g/mol. The first kappa shape index (κ1) is 22.1. The Balaban J connectivity index is 1.82. The first-order chi connectivity index (χ1) is 12.4. The summed E-state index contributed by atoms with van der Waals surface area (Å²) in [5.41, 5.74) is 0. The van der Waals surface area contributed by atoms with Crippen molar-refractivity contribution in [3.8, 4) is 0 Å². The molecule has 26 heavy (non-hydrogen) atoms. The fraction of sp³-hybridized carbons (Fsp3) is 0.850. The van der Waals surface area contributed by atoms with E-state index in [9.17, 15) is 15.0 Å². The van der Waals surface area contributed by atoms with E-state index in [0.717, 1.165) is 38.5 Å². The number of fused-ring (bicyclic) bond motifs is 1. The van der Waals surface area contributed by atoms with Crippen molar-refractivity contribution in [3.63, 3.8) is 0 Å².